The molecule has 1 aromatic carbocycles. The summed E-state index contributed by atoms with van der Waals surface area (Å²) < 4.78 is 39.8. The van der Waals surface area contributed by atoms with Crippen LogP contribution in [0.5, 0.6) is 0 Å². The normalized spacial score (nSPS) is 20.9. The van der Waals surface area contributed by atoms with Crippen molar-refractivity contribution < 1.29 is 17.9 Å². The third kappa shape index (κ3) is 2.66. The van der Waals surface area contributed by atoms with E-state index in [2.05, 4.69) is 0 Å². The maximum absolute atomic E-state index is 13.2. The van der Waals surface area contributed by atoms with E-state index >= 15 is 0 Å². The molecule has 106 valence electrons. The fourth-order valence-corrected chi connectivity index (χ4v) is 4.54. The molecule has 6 heteroatoms. The summed E-state index contributed by atoms with van der Waals surface area (Å²) >= 11 is 0. The predicted molar refractivity (Wildman–Crippen MR) is 69.8 cm³/mol. The van der Waals surface area contributed by atoms with Crippen LogP contribution < -0.4 is 0 Å². The molecule has 1 saturated heterocycles. The number of nitrogens with zero attached hydrogens (tertiary/aromatic N) is 1. The summed E-state index contributed by atoms with van der Waals surface area (Å²) in [6.45, 7) is 3.93. The molecule has 1 N–H and O–H groups in total. The van der Waals surface area contributed by atoms with Crippen LogP contribution in [-0.4, -0.2) is 37.5 Å². The summed E-state index contributed by atoms with van der Waals surface area (Å²) in [5, 5.41) is 9.09. The van der Waals surface area contributed by atoms with Crippen LogP contribution in [0.2, 0.25) is 0 Å². The van der Waals surface area contributed by atoms with Gasteiger partial charge in [0.25, 0.3) is 0 Å². The summed E-state index contributed by atoms with van der Waals surface area (Å²) in [5.74, 6) is -0.431. The van der Waals surface area contributed by atoms with Crippen LogP contribution in [0, 0.1) is 25.6 Å². The van der Waals surface area contributed by atoms with E-state index in [1.54, 1.807) is 13.8 Å². The number of sulfonamides is 1. The minimum atomic E-state index is -3.60. The van der Waals surface area contributed by atoms with Crippen molar-refractivity contribution in [2.24, 2.45) is 5.92 Å². The molecule has 2 rings (SSSR count). The number of aryl methyl sites for hydroxylation is 2. The van der Waals surface area contributed by atoms with E-state index in [1.807, 2.05) is 0 Å². The molecule has 0 amide bonds. The molecule has 0 saturated carbocycles. The number of halogens is 1. The van der Waals surface area contributed by atoms with Crippen molar-refractivity contribution in [3.63, 3.8) is 0 Å². The van der Waals surface area contributed by atoms with Gasteiger partial charge in [-0.25, -0.2) is 12.8 Å². The predicted octanol–water partition coefficient (Wildman–Crippen LogP) is 1.45. The molecule has 4 nitrogen and oxygen atoms in total. The van der Waals surface area contributed by atoms with Gasteiger partial charge in [0.2, 0.25) is 10.0 Å². The topological polar surface area (TPSA) is 57.6 Å². The van der Waals surface area contributed by atoms with Gasteiger partial charge in [0, 0.05) is 19.7 Å². The maximum atomic E-state index is 13.2. The molecular weight excluding hydrogens is 269 g/mol. The lowest BCUT2D eigenvalue weighted by Gasteiger charge is -2.19. The second-order valence-electron chi connectivity index (χ2n) is 5.07. The number of aliphatic hydroxyl groups excluding tert-OH is 1. The SMILES string of the molecule is Cc1cc(F)cc(C)c1S(=O)(=O)N1CCC(CO)C1. The van der Waals surface area contributed by atoms with Gasteiger partial charge in [-0.2, -0.15) is 4.31 Å². The molecule has 0 radical (unpaired) electrons. The van der Waals surface area contributed by atoms with Crippen molar-refractivity contribution in [2.45, 2.75) is 25.2 Å². The van der Waals surface area contributed by atoms with Crippen molar-refractivity contribution in [1.82, 2.24) is 4.31 Å². The summed E-state index contributed by atoms with van der Waals surface area (Å²) in [6, 6.07) is 2.47. The van der Waals surface area contributed by atoms with Gasteiger partial charge < -0.3 is 5.11 Å². The van der Waals surface area contributed by atoms with Crippen molar-refractivity contribution in [3.05, 3.63) is 29.1 Å². The van der Waals surface area contributed by atoms with Crippen LogP contribution in [0.4, 0.5) is 4.39 Å². The maximum Gasteiger partial charge on any atom is 0.243 e. The van der Waals surface area contributed by atoms with Crippen LogP contribution in [0.3, 0.4) is 0 Å². The van der Waals surface area contributed by atoms with E-state index < -0.39 is 15.8 Å². The monoisotopic (exact) mass is 287 g/mol. The highest BCUT2D eigenvalue weighted by Crippen LogP contribution is 2.28. The minimum Gasteiger partial charge on any atom is -0.396 e. The Morgan fingerprint density at radius 1 is 1.37 bits per heavy atom. The van der Waals surface area contributed by atoms with Crippen LogP contribution in [0.1, 0.15) is 17.5 Å². The van der Waals surface area contributed by atoms with Crippen molar-refractivity contribution in [3.8, 4) is 0 Å². The van der Waals surface area contributed by atoms with E-state index in [-0.39, 0.29) is 17.4 Å². The van der Waals surface area contributed by atoms with Gasteiger partial charge in [0.1, 0.15) is 5.82 Å². The molecule has 1 aliphatic rings. The van der Waals surface area contributed by atoms with Gasteiger partial charge >= 0.3 is 0 Å². The van der Waals surface area contributed by atoms with E-state index in [4.69, 9.17) is 5.11 Å². The molecule has 0 bridgehead atoms. The molecule has 0 spiro atoms. The second kappa shape index (κ2) is 5.19. The average molecular weight is 287 g/mol. The molecule has 1 unspecified atom stereocenters. The summed E-state index contributed by atoms with van der Waals surface area (Å²) in [4.78, 5) is 0.187. The van der Waals surface area contributed by atoms with Crippen molar-refractivity contribution in [1.29, 1.82) is 0 Å². The molecule has 1 atom stereocenters. The van der Waals surface area contributed by atoms with Crippen molar-refractivity contribution in [2.75, 3.05) is 19.7 Å². The molecule has 1 aliphatic heterocycles. The number of aliphatic hydroxyl groups is 1. The quantitative estimate of drug-likeness (QED) is 0.915. The molecule has 0 aromatic heterocycles. The number of rotatable bonds is 3. The molecule has 1 heterocycles. The van der Waals surface area contributed by atoms with Crippen LogP contribution in [-0.2, 0) is 10.0 Å². The van der Waals surface area contributed by atoms with Gasteiger partial charge in [0.05, 0.1) is 4.90 Å². The van der Waals surface area contributed by atoms with Crippen LogP contribution >= 0.6 is 0 Å². The van der Waals surface area contributed by atoms with Gasteiger partial charge in [-0.15, -0.1) is 0 Å². The Bertz CT molecular complexity index is 563. The van der Waals surface area contributed by atoms with Crippen LogP contribution in [0.25, 0.3) is 0 Å². The first-order valence-electron chi connectivity index (χ1n) is 6.24. The third-order valence-corrected chi connectivity index (χ3v) is 5.70. The van der Waals surface area contributed by atoms with Gasteiger partial charge in [-0.3, -0.25) is 0 Å². The Morgan fingerprint density at radius 3 is 2.42 bits per heavy atom. The lowest BCUT2D eigenvalue weighted by atomic mass is 10.1. The lowest BCUT2D eigenvalue weighted by Crippen LogP contribution is -2.30. The third-order valence-electron chi connectivity index (χ3n) is 3.53. The summed E-state index contributed by atoms with van der Waals surface area (Å²) in [5.41, 5.74) is 0.842. The Morgan fingerprint density at radius 2 is 1.95 bits per heavy atom. The lowest BCUT2D eigenvalue weighted by molar-refractivity contribution is 0.233. The zero-order valence-corrected chi connectivity index (χ0v) is 11.9. The highest BCUT2D eigenvalue weighted by atomic mass is 32.2. The number of hydrogen-bond acceptors (Lipinski definition) is 3. The fraction of sp³-hybridized carbons (Fsp3) is 0.538. The Hall–Kier alpha value is -0.980. The largest absolute Gasteiger partial charge is 0.396 e. The smallest absolute Gasteiger partial charge is 0.243 e. The highest BCUT2D eigenvalue weighted by molar-refractivity contribution is 7.89. The van der Waals surface area contributed by atoms with E-state index in [0.717, 1.165) is 0 Å². The highest BCUT2D eigenvalue weighted by Gasteiger charge is 2.34. The second-order valence-corrected chi connectivity index (χ2v) is 6.94. The van der Waals surface area contributed by atoms with Gasteiger partial charge in [-0.1, -0.05) is 0 Å². The molecule has 0 aliphatic carbocycles. The minimum absolute atomic E-state index is 0.00386. The number of hydrogen-bond donors (Lipinski definition) is 1. The van der Waals surface area contributed by atoms with E-state index in [1.165, 1.54) is 16.4 Å². The number of benzene rings is 1. The molecule has 1 fully saturated rings. The fourth-order valence-electron chi connectivity index (χ4n) is 2.60. The Balaban J connectivity index is 2.41. The summed E-state index contributed by atoms with van der Waals surface area (Å²) in [7, 11) is -3.60. The Kier molecular flexibility index (Phi) is 3.94. The first-order chi connectivity index (χ1) is 8.86. The first-order valence-corrected chi connectivity index (χ1v) is 7.68. The molecule has 19 heavy (non-hydrogen) atoms. The Labute approximate surface area is 112 Å². The van der Waals surface area contributed by atoms with E-state index in [0.29, 0.717) is 30.6 Å². The van der Waals surface area contributed by atoms with Gasteiger partial charge in [-0.05, 0) is 49.4 Å². The molecular formula is C13H18FNO3S. The van der Waals surface area contributed by atoms with Crippen LogP contribution in [0.15, 0.2) is 17.0 Å². The standard InChI is InChI=1S/C13H18FNO3S/c1-9-5-12(14)6-10(2)13(9)19(17,18)15-4-3-11(7-15)8-16/h5-6,11,16H,3-4,7-8H2,1-2H3. The average Bonchev–Trinajstić information content (AvgIpc) is 2.75. The van der Waals surface area contributed by atoms with Crippen molar-refractivity contribution >= 4 is 10.0 Å². The zero-order chi connectivity index (χ0) is 14.2. The summed E-state index contributed by atoms with van der Waals surface area (Å²) in [6.07, 6.45) is 0.662. The molecule has 1 aromatic rings. The van der Waals surface area contributed by atoms with E-state index in [9.17, 15) is 12.8 Å². The first kappa shape index (κ1) is 14.4. The zero-order valence-electron chi connectivity index (χ0n) is 11.1. The van der Waals surface area contributed by atoms with Gasteiger partial charge in [0.15, 0.2) is 0 Å².